The number of benzene rings is 2. The highest BCUT2D eigenvalue weighted by molar-refractivity contribution is 6.03. The number of hydrogen-bond donors (Lipinski definition) is 8. The van der Waals surface area contributed by atoms with Crippen molar-refractivity contribution in [3.63, 3.8) is 0 Å². The van der Waals surface area contributed by atoms with E-state index in [2.05, 4.69) is 90.6 Å². The number of rotatable bonds is 70. The molecular formula is C104H189NO19. The quantitative estimate of drug-likeness (QED) is 0.0285. The second kappa shape index (κ2) is 100. The molecule has 8 N–H and O–H groups in total. The number of fused-ring (bicyclic) bond motifs is 1. The summed E-state index contributed by atoms with van der Waals surface area (Å²) < 4.78 is 10.8. The Morgan fingerprint density at radius 3 is 0.702 bits per heavy atom. The number of aliphatic carboxylic acids is 8. The summed E-state index contributed by atoms with van der Waals surface area (Å²) in [5, 5.41) is 66.8. The van der Waals surface area contributed by atoms with E-state index in [-0.39, 0.29) is 11.7 Å². The number of nitrogens with zero attached hydrogens (tertiary/aromatic N) is 1. The van der Waals surface area contributed by atoms with E-state index in [0.29, 0.717) is 68.8 Å². The number of ketones is 1. The van der Waals surface area contributed by atoms with Gasteiger partial charge in [0, 0.05) is 69.4 Å². The molecule has 1 unspecified atom stereocenters. The van der Waals surface area contributed by atoms with Crippen molar-refractivity contribution in [3.05, 3.63) is 59.2 Å². The third kappa shape index (κ3) is 99.2. The Balaban J connectivity index is -0.000000440. The van der Waals surface area contributed by atoms with Crippen molar-refractivity contribution >= 4 is 53.5 Å². The van der Waals surface area contributed by atoms with Gasteiger partial charge in [-0.2, -0.15) is 0 Å². The smallest absolute Gasteiger partial charge is 0.303 e. The van der Waals surface area contributed by atoms with E-state index < -0.39 is 47.8 Å². The zero-order valence-electron chi connectivity index (χ0n) is 80.9. The lowest BCUT2D eigenvalue weighted by atomic mass is 9.85. The molecule has 1 heterocycles. The van der Waals surface area contributed by atoms with Gasteiger partial charge in [0.2, 0.25) is 0 Å². The van der Waals surface area contributed by atoms with Gasteiger partial charge in [0.15, 0.2) is 17.3 Å². The Bertz CT molecular complexity index is 2400. The highest BCUT2D eigenvalue weighted by atomic mass is 16.5. The van der Waals surface area contributed by atoms with Crippen LogP contribution in [0.5, 0.6) is 11.5 Å². The SMILES string of the molecule is CCCCCCCCCC(=O)O.CCCCCCCCCC(=O)O.CCCCCCCCCC(=O)O.CCCCCCCCCC(=O)O.CCCCCCCCCC(=O)O.CCCCCCCCCC(=O)O.CCCCCCCCCC(=O)O.CCCCCCCCCC(=O)O.COc1cc2c(cc1OC)C(=O)C(CC1CCN(Cc3ccccc3)CC1)C2. The van der Waals surface area contributed by atoms with Crippen LogP contribution in [0.3, 0.4) is 0 Å². The maximum absolute atomic E-state index is 12.9. The lowest BCUT2D eigenvalue weighted by Gasteiger charge is -2.32. The number of likely N-dealkylation sites (tertiary alicyclic amines) is 1. The number of methoxy groups -OCH3 is 2. The zero-order chi connectivity index (χ0) is 93.4. The molecular weight excluding hydrogens is 1570 g/mol. The second-order valence-electron chi connectivity index (χ2n) is 34.2. The van der Waals surface area contributed by atoms with Crippen LogP contribution < -0.4 is 9.47 Å². The number of carboxylic acid groups (broad SMARTS) is 8. The summed E-state index contributed by atoms with van der Waals surface area (Å²) in [5.41, 5.74) is 3.31. The van der Waals surface area contributed by atoms with Crippen LogP contribution in [-0.2, 0) is 51.3 Å². The normalized spacial score (nSPS) is 12.4. The molecule has 1 aliphatic carbocycles. The first kappa shape index (κ1) is 126. The molecule has 0 spiro atoms. The number of piperidine rings is 1. The Morgan fingerprint density at radius 1 is 0.298 bits per heavy atom. The van der Waals surface area contributed by atoms with Crippen molar-refractivity contribution < 1.29 is 93.5 Å². The molecule has 0 amide bonds. The number of carboxylic acids is 8. The summed E-state index contributed by atoms with van der Waals surface area (Å²) in [6.45, 7) is 20.9. The molecule has 4 rings (SSSR count). The van der Waals surface area contributed by atoms with Crippen molar-refractivity contribution in [3.8, 4) is 11.5 Å². The minimum absolute atomic E-state index is 0.109. The third-order valence-corrected chi connectivity index (χ3v) is 22.2. The summed E-state index contributed by atoms with van der Waals surface area (Å²) >= 11 is 0. The fraction of sp³-hybridized carbons (Fsp3) is 0.798. The Morgan fingerprint density at radius 2 is 0.500 bits per heavy atom. The summed E-state index contributed by atoms with van der Waals surface area (Å²) in [6, 6.07) is 14.5. The van der Waals surface area contributed by atoms with E-state index in [9.17, 15) is 43.2 Å². The molecule has 2 aromatic carbocycles. The number of Topliss-reactive ketones (excluding diaryl/α,β-unsaturated/α-hetero) is 1. The van der Waals surface area contributed by atoms with Gasteiger partial charge in [0.05, 0.1) is 14.2 Å². The van der Waals surface area contributed by atoms with Crippen molar-refractivity contribution in [2.45, 2.75) is 499 Å². The lowest BCUT2D eigenvalue weighted by molar-refractivity contribution is -0.138. The van der Waals surface area contributed by atoms with Crippen LogP contribution in [0, 0.1) is 11.8 Å². The van der Waals surface area contributed by atoms with Crippen molar-refractivity contribution in [1.29, 1.82) is 0 Å². The van der Waals surface area contributed by atoms with E-state index in [1.54, 1.807) is 14.2 Å². The first-order chi connectivity index (χ1) is 59.8. The molecule has 1 atom stereocenters. The number of unbranched alkanes of at least 4 members (excludes halogenated alkanes) is 48. The predicted molar refractivity (Wildman–Crippen MR) is 512 cm³/mol. The van der Waals surface area contributed by atoms with Gasteiger partial charge < -0.3 is 50.3 Å². The van der Waals surface area contributed by atoms with Gasteiger partial charge in [-0.3, -0.25) is 48.1 Å². The molecule has 1 fully saturated rings. The number of carbonyl (C=O) groups excluding carboxylic acids is 1. The fourth-order valence-corrected chi connectivity index (χ4v) is 14.6. The summed E-state index contributed by atoms with van der Waals surface area (Å²) in [4.78, 5) is 96.5. The van der Waals surface area contributed by atoms with Crippen LogP contribution in [0.2, 0.25) is 0 Å². The molecule has 20 heteroatoms. The molecule has 2 aromatic rings. The van der Waals surface area contributed by atoms with Gasteiger partial charge in [-0.05, 0) is 119 Å². The predicted octanol–water partition coefficient (Wildman–Crippen LogP) is 30.1. The van der Waals surface area contributed by atoms with E-state index in [4.69, 9.17) is 50.3 Å². The van der Waals surface area contributed by atoms with Gasteiger partial charge in [-0.25, -0.2) is 0 Å². The third-order valence-electron chi connectivity index (χ3n) is 22.2. The number of ether oxygens (including phenoxy) is 2. The van der Waals surface area contributed by atoms with Crippen molar-refractivity contribution in [2.24, 2.45) is 11.8 Å². The van der Waals surface area contributed by atoms with Crippen LogP contribution in [0.4, 0.5) is 0 Å². The minimum atomic E-state index is -0.663. The standard InChI is InChI=1S/C24H29NO3.8C10H20O2/c1-27-22-14-19-13-20(24(26)21(19)15-23(22)28-2)12-17-8-10-25(11-9-17)16-18-6-4-3-5-7-18;8*1-2-3-4-5-6-7-8-9-10(11)12/h3-7,14-15,17,20H,8-13,16H2,1-2H3;8*2-9H2,1H3,(H,11,12). The Hall–Kier alpha value is -6.57. The van der Waals surface area contributed by atoms with E-state index in [1.165, 1.54) is 275 Å². The minimum Gasteiger partial charge on any atom is -0.493 e. The van der Waals surface area contributed by atoms with Crippen molar-refractivity contribution in [1.82, 2.24) is 4.90 Å². The Kier molecular flexibility index (Phi) is 102. The average molecular weight is 1760 g/mol. The van der Waals surface area contributed by atoms with Crippen LogP contribution in [0.25, 0.3) is 0 Å². The summed E-state index contributed by atoms with van der Waals surface area (Å²) in [5.74, 6) is -2.92. The number of hydrogen-bond acceptors (Lipinski definition) is 12. The van der Waals surface area contributed by atoms with Crippen LogP contribution in [-0.4, -0.2) is 127 Å². The lowest BCUT2D eigenvalue weighted by Crippen LogP contribution is -2.34. The van der Waals surface area contributed by atoms with Gasteiger partial charge >= 0.3 is 47.8 Å². The fourth-order valence-electron chi connectivity index (χ4n) is 14.6. The molecule has 0 bridgehead atoms. The van der Waals surface area contributed by atoms with Gasteiger partial charge in [0.1, 0.15) is 0 Å². The van der Waals surface area contributed by atoms with Gasteiger partial charge in [0.25, 0.3) is 0 Å². The molecule has 0 aromatic heterocycles. The van der Waals surface area contributed by atoms with Gasteiger partial charge in [-0.15, -0.1) is 0 Å². The molecule has 0 radical (unpaired) electrons. The largest absolute Gasteiger partial charge is 0.493 e. The molecule has 20 nitrogen and oxygen atoms in total. The summed E-state index contributed by atoms with van der Waals surface area (Å²) in [7, 11) is 3.26. The molecule has 1 aliphatic heterocycles. The van der Waals surface area contributed by atoms with Crippen LogP contribution >= 0.6 is 0 Å². The second-order valence-corrected chi connectivity index (χ2v) is 34.2. The highest BCUT2D eigenvalue weighted by Gasteiger charge is 2.35. The van der Waals surface area contributed by atoms with E-state index in [1.807, 2.05) is 12.1 Å². The topological polar surface area (TPSA) is 337 Å². The first-order valence-electron chi connectivity index (χ1n) is 50.1. The maximum atomic E-state index is 12.9. The molecule has 724 valence electrons. The Labute approximate surface area is 756 Å². The monoisotopic (exact) mass is 1760 g/mol. The molecule has 2 aliphatic rings. The number of carbonyl (C=O) groups is 9. The molecule has 0 saturated carbocycles. The maximum Gasteiger partial charge on any atom is 0.303 e. The van der Waals surface area contributed by atoms with Gasteiger partial charge in [-0.1, -0.05) is 394 Å². The highest BCUT2D eigenvalue weighted by Crippen LogP contribution is 2.40. The zero-order valence-corrected chi connectivity index (χ0v) is 80.9. The molecule has 1 saturated heterocycles. The first-order valence-corrected chi connectivity index (χ1v) is 50.1. The van der Waals surface area contributed by atoms with E-state index >= 15 is 0 Å². The molecule has 124 heavy (non-hydrogen) atoms. The van der Waals surface area contributed by atoms with Crippen molar-refractivity contribution in [2.75, 3.05) is 27.3 Å². The van der Waals surface area contributed by atoms with E-state index in [0.717, 1.165) is 146 Å². The van der Waals surface area contributed by atoms with Crippen LogP contribution in [0.1, 0.15) is 507 Å². The summed E-state index contributed by atoms with van der Waals surface area (Å²) in [6.07, 6.45) is 73.3. The van der Waals surface area contributed by atoms with Crippen LogP contribution in [0.15, 0.2) is 42.5 Å². The average Bonchev–Trinajstić information content (AvgIpc) is 1.64.